The van der Waals surface area contributed by atoms with Gasteiger partial charge in [-0.25, -0.2) is 0 Å². The minimum absolute atomic E-state index is 0.0749. The van der Waals surface area contributed by atoms with Gasteiger partial charge in [-0.15, -0.1) is 0 Å². The average molecular weight is 258 g/mol. The van der Waals surface area contributed by atoms with E-state index in [1.807, 2.05) is 18.2 Å². The van der Waals surface area contributed by atoms with Gasteiger partial charge in [-0.1, -0.05) is 31.6 Å². The van der Waals surface area contributed by atoms with Gasteiger partial charge in [-0.05, 0) is 37.3 Å². The molecular formula is C16H22N2O. The molecule has 0 saturated heterocycles. The van der Waals surface area contributed by atoms with Crippen LogP contribution in [0.25, 0.3) is 0 Å². The summed E-state index contributed by atoms with van der Waals surface area (Å²) in [4.78, 5) is 16.4. The molecule has 0 aliphatic heterocycles. The van der Waals surface area contributed by atoms with Crippen LogP contribution in [0.5, 0.6) is 0 Å². The molecule has 19 heavy (non-hydrogen) atoms. The molecule has 1 fully saturated rings. The van der Waals surface area contributed by atoms with Crippen molar-refractivity contribution in [1.29, 1.82) is 0 Å². The third kappa shape index (κ3) is 3.03. The molecule has 1 saturated carbocycles. The van der Waals surface area contributed by atoms with Gasteiger partial charge in [0.05, 0.1) is 18.2 Å². The number of aromatic nitrogens is 1. The first-order valence-corrected chi connectivity index (χ1v) is 6.75. The topological polar surface area (TPSA) is 42.0 Å². The third-order valence-electron chi connectivity index (χ3n) is 3.88. The third-order valence-corrected chi connectivity index (χ3v) is 3.88. The summed E-state index contributed by atoms with van der Waals surface area (Å²) in [6, 6.07) is 5.73. The van der Waals surface area contributed by atoms with E-state index < -0.39 is 0 Å². The molecule has 102 valence electrons. The molecule has 0 aromatic carbocycles. The lowest BCUT2D eigenvalue weighted by Crippen LogP contribution is -2.26. The van der Waals surface area contributed by atoms with Crippen molar-refractivity contribution >= 4 is 5.91 Å². The van der Waals surface area contributed by atoms with E-state index in [-0.39, 0.29) is 17.2 Å². The van der Waals surface area contributed by atoms with E-state index >= 15 is 0 Å². The summed E-state index contributed by atoms with van der Waals surface area (Å²) in [7, 11) is 0. The Balaban J connectivity index is 1.93. The number of nitrogens with one attached hydrogen (secondary N) is 1. The fraction of sp³-hybridized carbons (Fsp3) is 0.500. The van der Waals surface area contributed by atoms with Crippen molar-refractivity contribution in [1.82, 2.24) is 10.3 Å². The lowest BCUT2D eigenvalue weighted by molar-refractivity contribution is -0.123. The first-order chi connectivity index (χ1) is 8.93. The van der Waals surface area contributed by atoms with Crippen LogP contribution in [0.4, 0.5) is 0 Å². The summed E-state index contributed by atoms with van der Waals surface area (Å²) in [5.74, 6) is 0.588. The van der Waals surface area contributed by atoms with E-state index in [4.69, 9.17) is 0 Å². The molecule has 2 unspecified atom stereocenters. The van der Waals surface area contributed by atoms with E-state index in [2.05, 4.69) is 44.1 Å². The molecule has 1 aliphatic carbocycles. The van der Waals surface area contributed by atoms with E-state index in [9.17, 15) is 4.79 Å². The highest BCUT2D eigenvalue weighted by Crippen LogP contribution is 2.59. The highest BCUT2D eigenvalue weighted by atomic mass is 16.2. The maximum Gasteiger partial charge on any atom is 0.224 e. The van der Waals surface area contributed by atoms with Crippen LogP contribution in [0, 0.1) is 17.3 Å². The van der Waals surface area contributed by atoms with Crippen molar-refractivity contribution < 1.29 is 4.79 Å². The Hall–Kier alpha value is -1.64. The largest absolute Gasteiger partial charge is 0.350 e. The van der Waals surface area contributed by atoms with Crippen molar-refractivity contribution in [3.63, 3.8) is 0 Å². The van der Waals surface area contributed by atoms with Crippen LogP contribution >= 0.6 is 0 Å². The molecule has 1 aromatic heterocycles. The quantitative estimate of drug-likeness (QED) is 0.844. The molecule has 0 spiro atoms. The highest BCUT2D eigenvalue weighted by molar-refractivity contribution is 5.83. The molecule has 3 nitrogen and oxygen atoms in total. The Morgan fingerprint density at radius 3 is 2.74 bits per heavy atom. The second-order valence-corrected chi connectivity index (χ2v) is 6.11. The minimum Gasteiger partial charge on any atom is -0.350 e. The van der Waals surface area contributed by atoms with Gasteiger partial charge in [0.15, 0.2) is 0 Å². The van der Waals surface area contributed by atoms with E-state index in [1.54, 1.807) is 6.20 Å². The number of carbonyl (C=O) groups excluding carboxylic acids is 1. The second-order valence-electron chi connectivity index (χ2n) is 6.11. The van der Waals surface area contributed by atoms with Gasteiger partial charge in [0.2, 0.25) is 5.91 Å². The maximum absolute atomic E-state index is 12.2. The van der Waals surface area contributed by atoms with Gasteiger partial charge in [-0.2, -0.15) is 0 Å². The molecule has 3 heteroatoms. The Morgan fingerprint density at radius 2 is 2.16 bits per heavy atom. The molecule has 0 bridgehead atoms. The van der Waals surface area contributed by atoms with E-state index in [1.165, 1.54) is 5.57 Å². The molecule has 1 aliphatic rings. The predicted octanol–water partition coefficient (Wildman–Crippen LogP) is 2.94. The number of nitrogens with zero attached hydrogens (tertiary/aromatic N) is 1. The first-order valence-electron chi connectivity index (χ1n) is 6.75. The van der Waals surface area contributed by atoms with Crippen LogP contribution < -0.4 is 5.32 Å². The van der Waals surface area contributed by atoms with Crippen molar-refractivity contribution in [2.45, 2.75) is 34.2 Å². The van der Waals surface area contributed by atoms with Gasteiger partial charge >= 0.3 is 0 Å². The minimum atomic E-state index is 0.0749. The zero-order chi connectivity index (χ0) is 14.0. The summed E-state index contributed by atoms with van der Waals surface area (Å²) in [6.45, 7) is 8.98. The lowest BCUT2D eigenvalue weighted by Gasteiger charge is -2.05. The van der Waals surface area contributed by atoms with Crippen LogP contribution in [0.2, 0.25) is 0 Å². The van der Waals surface area contributed by atoms with Crippen molar-refractivity contribution in [3.05, 3.63) is 41.7 Å². The molecule has 2 atom stereocenters. The fourth-order valence-corrected chi connectivity index (χ4v) is 2.64. The van der Waals surface area contributed by atoms with Crippen molar-refractivity contribution in [2.24, 2.45) is 17.3 Å². The zero-order valence-electron chi connectivity index (χ0n) is 12.1. The summed E-state index contributed by atoms with van der Waals surface area (Å²) >= 11 is 0. The monoisotopic (exact) mass is 258 g/mol. The SMILES string of the molecule is CC(C)=CC1C(C(=O)NCc2ccccn2)C1(C)C. The zero-order valence-corrected chi connectivity index (χ0v) is 12.1. The van der Waals surface area contributed by atoms with Crippen LogP contribution in [0.15, 0.2) is 36.0 Å². The van der Waals surface area contributed by atoms with E-state index in [0.717, 1.165) is 5.69 Å². The Kier molecular flexibility index (Phi) is 3.74. The van der Waals surface area contributed by atoms with E-state index in [0.29, 0.717) is 12.5 Å². The summed E-state index contributed by atoms with van der Waals surface area (Å²) < 4.78 is 0. The van der Waals surface area contributed by atoms with Gasteiger partial charge in [0, 0.05) is 6.20 Å². The van der Waals surface area contributed by atoms with Crippen LogP contribution in [0.1, 0.15) is 33.4 Å². The summed E-state index contributed by atoms with van der Waals surface area (Å²) in [6.07, 6.45) is 3.96. The Labute approximate surface area is 115 Å². The van der Waals surface area contributed by atoms with Crippen molar-refractivity contribution in [2.75, 3.05) is 0 Å². The van der Waals surface area contributed by atoms with Crippen LogP contribution in [0.3, 0.4) is 0 Å². The Bertz CT molecular complexity index is 487. The van der Waals surface area contributed by atoms with Crippen LogP contribution in [-0.2, 0) is 11.3 Å². The average Bonchev–Trinajstić information content (AvgIpc) is 2.88. The summed E-state index contributed by atoms with van der Waals surface area (Å²) in [5.41, 5.74) is 2.25. The molecule has 1 amide bonds. The molecule has 1 aromatic rings. The molecule has 2 rings (SSSR count). The number of pyridine rings is 1. The molecule has 1 heterocycles. The number of hydrogen-bond acceptors (Lipinski definition) is 2. The summed E-state index contributed by atoms with van der Waals surface area (Å²) in [5, 5.41) is 2.99. The highest BCUT2D eigenvalue weighted by Gasteiger charge is 2.60. The normalized spacial score (nSPS) is 23.6. The van der Waals surface area contributed by atoms with Gasteiger partial charge < -0.3 is 5.32 Å². The van der Waals surface area contributed by atoms with Crippen LogP contribution in [-0.4, -0.2) is 10.9 Å². The number of hydrogen-bond donors (Lipinski definition) is 1. The van der Waals surface area contributed by atoms with Crippen molar-refractivity contribution in [3.8, 4) is 0 Å². The number of amides is 1. The Morgan fingerprint density at radius 1 is 1.42 bits per heavy atom. The number of carbonyl (C=O) groups is 1. The lowest BCUT2D eigenvalue weighted by atomic mass is 10.1. The molecular weight excluding hydrogens is 236 g/mol. The standard InChI is InChI=1S/C16H22N2O/c1-11(2)9-13-14(16(13,3)4)15(19)18-10-12-7-5-6-8-17-12/h5-9,13-14H,10H2,1-4H3,(H,18,19). The first kappa shape index (κ1) is 13.8. The van der Waals surface area contributed by atoms with Gasteiger partial charge in [0.25, 0.3) is 0 Å². The molecule has 0 radical (unpaired) electrons. The molecule has 1 N–H and O–H groups in total. The fourth-order valence-electron chi connectivity index (χ4n) is 2.64. The number of rotatable bonds is 4. The van der Waals surface area contributed by atoms with Gasteiger partial charge in [-0.3, -0.25) is 9.78 Å². The predicted molar refractivity (Wildman–Crippen MR) is 76.3 cm³/mol. The second kappa shape index (κ2) is 5.16. The smallest absolute Gasteiger partial charge is 0.224 e. The van der Waals surface area contributed by atoms with Gasteiger partial charge in [0.1, 0.15) is 0 Å². The number of allylic oxidation sites excluding steroid dienone is 2. The maximum atomic E-state index is 12.2.